The van der Waals surface area contributed by atoms with E-state index < -0.39 is 86.6 Å². The quantitative estimate of drug-likeness (QED) is 0.327. The zero-order chi connectivity index (χ0) is 29.5. The third-order valence-corrected chi connectivity index (χ3v) is 6.41. The number of benzodiazepines with no additional fused rings is 1. The van der Waals surface area contributed by atoms with Crippen molar-refractivity contribution in [3.63, 3.8) is 0 Å². The van der Waals surface area contributed by atoms with E-state index in [1.807, 2.05) is 0 Å². The molecule has 0 bridgehead atoms. The Morgan fingerprint density at radius 3 is 2.00 bits per heavy atom. The highest BCUT2D eigenvalue weighted by atomic mass is 19.4. The predicted octanol–water partition coefficient (Wildman–Crippen LogP) is 5.10. The molecule has 1 aliphatic heterocycles. The fourth-order valence-electron chi connectivity index (χ4n) is 4.52. The standard InChI is InChI=1S/C27H28F6N4O3/c28-26(29,30)14-6-11-17(22(34)38)18(12-7-15-27(31,32)33)24(39)37-23-25(40)35-20-13-5-4-10-19(20)21(36-23)16-8-2-1-3-9-16/h1-5,8-10,13,17-18,23H,6-7,11-12,14-15H2,(H2,34,38)(H,35,40)(H,37,39)/t17-,18+,23+/m0/s1. The second kappa shape index (κ2) is 13.0. The van der Waals surface area contributed by atoms with Crippen molar-refractivity contribution in [3.05, 3.63) is 65.7 Å². The highest BCUT2D eigenvalue weighted by Gasteiger charge is 2.37. The van der Waals surface area contributed by atoms with Gasteiger partial charge in [-0.15, -0.1) is 0 Å². The van der Waals surface area contributed by atoms with Crippen LogP contribution >= 0.6 is 0 Å². The molecule has 13 heteroatoms. The van der Waals surface area contributed by atoms with E-state index in [1.165, 1.54) is 0 Å². The number of fused-ring (bicyclic) bond motifs is 1. The Hall–Kier alpha value is -3.90. The Kier molecular flexibility index (Phi) is 9.93. The minimum absolute atomic E-state index is 0.338. The van der Waals surface area contributed by atoms with E-state index in [-0.39, 0.29) is 0 Å². The summed E-state index contributed by atoms with van der Waals surface area (Å²) in [6.07, 6.45) is -15.3. The molecule has 0 fully saturated rings. The number of halogens is 6. The number of hydrogen-bond acceptors (Lipinski definition) is 4. The molecular formula is C27H28F6N4O3. The molecule has 1 aliphatic rings. The zero-order valence-corrected chi connectivity index (χ0v) is 21.2. The molecule has 7 nitrogen and oxygen atoms in total. The number of aliphatic imine (C=N–C) groups is 1. The van der Waals surface area contributed by atoms with Gasteiger partial charge in [0, 0.05) is 35.8 Å². The van der Waals surface area contributed by atoms with E-state index in [1.54, 1.807) is 54.6 Å². The van der Waals surface area contributed by atoms with Gasteiger partial charge in [0.1, 0.15) is 0 Å². The fourth-order valence-corrected chi connectivity index (χ4v) is 4.52. The molecule has 2 aromatic carbocycles. The SMILES string of the molecule is NC(=O)[C@@H](CCCC(F)(F)F)[C@@H](CCCC(F)(F)F)C(=O)N[C@H]1N=C(c2ccccc2)c2ccccc2NC1=O. The van der Waals surface area contributed by atoms with Crippen LogP contribution in [0.15, 0.2) is 59.6 Å². The lowest BCUT2D eigenvalue weighted by molar-refractivity contribution is -0.143. The summed E-state index contributed by atoms with van der Waals surface area (Å²) in [5.74, 6) is -5.89. The number of amides is 3. The van der Waals surface area contributed by atoms with E-state index in [2.05, 4.69) is 15.6 Å². The minimum Gasteiger partial charge on any atom is -0.369 e. The Labute approximate surface area is 226 Å². The van der Waals surface area contributed by atoms with Crippen molar-refractivity contribution in [1.29, 1.82) is 0 Å². The number of nitrogens with two attached hydrogens (primary N) is 1. The monoisotopic (exact) mass is 570 g/mol. The molecule has 0 spiro atoms. The molecule has 3 atom stereocenters. The summed E-state index contributed by atoms with van der Waals surface area (Å²) < 4.78 is 76.6. The number of primary amides is 1. The molecule has 0 saturated carbocycles. The van der Waals surface area contributed by atoms with E-state index >= 15 is 0 Å². The fraction of sp³-hybridized carbons (Fsp3) is 0.407. The molecule has 40 heavy (non-hydrogen) atoms. The lowest BCUT2D eigenvalue weighted by atomic mass is 9.83. The Bertz CT molecular complexity index is 1230. The maximum Gasteiger partial charge on any atom is 0.389 e. The third-order valence-electron chi connectivity index (χ3n) is 6.41. The van der Waals surface area contributed by atoms with E-state index in [0.29, 0.717) is 22.5 Å². The molecule has 0 radical (unpaired) electrons. The van der Waals surface area contributed by atoms with Crippen LogP contribution in [0.2, 0.25) is 0 Å². The van der Waals surface area contributed by atoms with Gasteiger partial charge in [-0.25, -0.2) is 4.99 Å². The van der Waals surface area contributed by atoms with Crippen molar-refractivity contribution in [3.8, 4) is 0 Å². The van der Waals surface area contributed by atoms with E-state index in [0.717, 1.165) is 0 Å². The first-order chi connectivity index (χ1) is 18.7. The summed E-state index contributed by atoms with van der Waals surface area (Å²) in [6.45, 7) is 0. The molecule has 2 aromatic rings. The van der Waals surface area contributed by atoms with Crippen LogP contribution in [-0.4, -0.2) is 42.0 Å². The number of rotatable bonds is 11. The summed E-state index contributed by atoms with van der Waals surface area (Å²) in [5, 5.41) is 5.03. The van der Waals surface area contributed by atoms with Crippen molar-refractivity contribution in [2.45, 2.75) is 57.0 Å². The van der Waals surface area contributed by atoms with Gasteiger partial charge in [0.15, 0.2) is 0 Å². The van der Waals surface area contributed by atoms with Gasteiger partial charge in [-0.1, -0.05) is 48.5 Å². The number of hydrogen-bond donors (Lipinski definition) is 3. The maximum atomic E-state index is 13.4. The van der Waals surface area contributed by atoms with Gasteiger partial charge >= 0.3 is 12.4 Å². The van der Waals surface area contributed by atoms with Crippen molar-refractivity contribution < 1.29 is 40.7 Å². The van der Waals surface area contributed by atoms with Gasteiger partial charge in [0.2, 0.25) is 18.0 Å². The number of nitrogens with zero attached hydrogens (tertiary/aromatic N) is 1. The van der Waals surface area contributed by atoms with Crippen LogP contribution in [0.25, 0.3) is 0 Å². The van der Waals surface area contributed by atoms with Crippen LogP contribution in [0.5, 0.6) is 0 Å². The van der Waals surface area contributed by atoms with Crippen LogP contribution < -0.4 is 16.4 Å². The summed E-state index contributed by atoms with van der Waals surface area (Å²) in [5.41, 5.74) is 7.28. The van der Waals surface area contributed by atoms with Crippen molar-refractivity contribution in [1.82, 2.24) is 5.32 Å². The molecule has 1 heterocycles. The van der Waals surface area contributed by atoms with Gasteiger partial charge in [-0.05, 0) is 31.7 Å². The summed E-state index contributed by atoms with van der Waals surface area (Å²) >= 11 is 0. The van der Waals surface area contributed by atoms with Crippen molar-refractivity contribution in [2.24, 2.45) is 22.6 Å². The first-order valence-electron chi connectivity index (χ1n) is 12.5. The number of para-hydroxylation sites is 1. The number of carbonyl (C=O) groups excluding carboxylic acids is 3. The molecule has 0 unspecified atom stereocenters. The largest absolute Gasteiger partial charge is 0.389 e. The molecule has 4 N–H and O–H groups in total. The molecule has 0 saturated heterocycles. The van der Waals surface area contributed by atoms with Gasteiger partial charge < -0.3 is 16.4 Å². The normalized spacial score (nSPS) is 17.1. The Balaban J connectivity index is 1.91. The third kappa shape index (κ3) is 8.82. The van der Waals surface area contributed by atoms with Gasteiger partial charge in [0.05, 0.1) is 11.4 Å². The van der Waals surface area contributed by atoms with Crippen LogP contribution in [0.1, 0.15) is 49.7 Å². The Morgan fingerprint density at radius 1 is 0.875 bits per heavy atom. The highest BCUT2D eigenvalue weighted by molar-refractivity contribution is 6.19. The summed E-state index contributed by atoms with van der Waals surface area (Å²) in [4.78, 5) is 43.0. The van der Waals surface area contributed by atoms with Gasteiger partial charge in [-0.3, -0.25) is 14.4 Å². The van der Waals surface area contributed by atoms with Gasteiger partial charge in [0.25, 0.3) is 5.91 Å². The molecule has 216 valence electrons. The number of alkyl halides is 6. The molecule has 0 aliphatic carbocycles. The second-order valence-corrected chi connectivity index (χ2v) is 9.42. The summed E-state index contributed by atoms with van der Waals surface area (Å²) in [6, 6.07) is 15.4. The van der Waals surface area contributed by atoms with Crippen LogP contribution in [0, 0.1) is 11.8 Å². The van der Waals surface area contributed by atoms with E-state index in [4.69, 9.17) is 5.73 Å². The lowest BCUT2D eigenvalue weighted by Crippen LogP contribution is -2.48. The van der Waals surface area contributed by atoms with Crippen molar-refractivity contribution in [2.75, 3.05) is 5.32 Å². The average Bonchev–Trinajstić information content (AvgIpc) is 3.00. The molecular weight excluding hydrogens is 542 g/mol. The van der Waals surface area contributed by atoms with Crippen LogP contribution in [0.3, 0.4) is 0 Å². The van der Waals surface area contributed by atoms with Crippen LogP contribution in [-0.2, 0) is 14.4 Å². The first-order valence-corrected chi connectivity index (χ1v) is 12.5. The number of benzene rings is 2. The topological polar surface area (TPSA) is 114 Å². The molecule has 0 aromatic heterocycles. The first kappa shape index (κ1) is 30.6. The predicted molar refractivity (Wildman–Crippen MR) is 135 cm³/mol. The summed E-state index contributed by atoms with van der Waals surface area (Å²) in [7, 11) is 0. The Morgan fingerprint density at radius 2 is 1.43 bits per heavy atom. The number of carbonyl (C=O) groups is 3. The van der Waals surface area contributed by atoms with Crippen molar-refractivity contribution >= 4 is 29.1 Å². The van der Waals surface area contributed by atoms with Gasteiger partial charge in [-0.2, -0.15) is 26.3 Å². The van der Waals surface area contributed by atoms with E-state index in [9.17, 15) is 40.7 Å². The lowest BCUT2D eigenvalue weighted by Gasteiger charge is -2.26. The highest BCUT2D eigenvalue weighted by Crippen LogP contribution is 2.31. The number of nitrogens with one attached hydrogen (secondary N) is 2. The average molecular weight is 571 g/mol. The second-order valence-electron chi connectivity index (χ2n) is 9.42. The minimum atomic E-state index is -4.55. The maximum absolute atomic E-state index is 13.4. The molecule has 3 amide bonds. The zero-order valence-electron chi connectivity index (χ0n) is 21.2. The molecule has 3 rings (SSSR count). The van der Waals surface area contributed by atoms with Crippen LogP contribution in [0.4, 0.5) is 32.0 Å². The number of anilines is 1. The smallest absolute Gasteiger partial charge is 0.369 e.